The fraction of sp³-hybridized carbons (Fsp3) is 0.0714. The van der Waals surface area contributed by atoms with Crippen molar-refractivity contribution in [3.05, 3.63) is 47.7 Å². The van der Waals surface area contributed by atoms with Gasteiger partial charge in [0, 0.05) is 5.56 Å². The molecule has 0 unspecified atom stereocenters. The molecule has 3 rings (SSSR count). The molecule has 2 N–H and O–H groups in total. The highest BCUT2D eigenvalue weighted by Crippen LogP contribution is 2.35. The average molecular weight is 305 g/mol. The summed E-state index contributed by atoms with van der Waals surface area (Å²) in [5, 5.41) is 11.6. The molecule has 0 aliphatic carbocycles. The molecular formula is C14H11NO5S. The summed E-state index contributed by atoms with van der Waals surface area (Å²) in [6, 6.07) is 10.0. The highest BCUT2D eigenvalue weighted by molar-refractivity contribution is 7.89. The molecule has 0 radical (unpaired) electrons. The number of benzene rings is 2. The first-order chi connectivity index (χ1) is 9.95. The maximum absolute atomic E-state index is 12.2. The quantitative estimate of drug-likeness (QED) is 0.779. The summed E-state index contributed by atoms with van der Waals surface area (Å²) in [5.41, 5.74) is -0.381. The lowest BCUT2D eigenvalue weighted by Crippen LogP contribution is -2.33. The van der Waals surface area contributed by atoms with Gasteiger partial charge in [0.05, 0.1) is 12.0 Å². The van der Waals surface area contributed by atoms with Crippen molar-refractivity contribution in [3.8, 4) is 0 Å². The van der Waals surface area contributed by atoms with Crippen molar-refractivity contribution >= 4 is 32.5 Å². The van der Waals surface area contributed by atoms with Crippen LogP contribution in [0.15, 0.2) is 47.0 Å². The Labute approximate surface area is 120 Å². The van der Waals surface area contributed by atoms with Gasteiger partial charge in [-0.25, -0.2) is 13.2 Å². The number of fused-ring (bicyclic) bond motifs is 3. The number of sulfonamides is 1. The molecule has 21 heavy (non-hydrogen) atoms. The molecule has 0 atom stereocenters. The van der Waals surface area contributed by atoms with Crippen molar-refractivity contribution in [1.29, 1.82) is 0 Å². The summed E-state index contributed by atoms with van der Waals surface area (Å²) in [7, 11) is -2.83. The minimum atomic E-state index is -3.94. The standard InChI is InChI=1S/C14H11NO5S/c1-20-14(17)12-13(16)11-9-5-3-2-4-8(9)6-7-10(11)21(18,19)15-12/h2-7,15-16H,1H3. The maximum atomic E-state index is 12.2. The van der Waals surface area contributed by atoms with E-state index in [1.807, 2.05) is 4.72 Å². The van der Waals surface area contributed by atoms with Crippen molar-refractivity contribution in [2.75, 3.05) is 7.11 Å². The van der Waals surface area contributed by atoms with Gasteiger partial charge in [-0.15, -0.1) is 0 Å². The van der Waals surface area contributed by atoms with Crippen molar-refractivity contribution in [2.24, 2.45) is 0 Å². The number of carbonyl (C=O) groups is 1. The van der Waals surface area contributed by atoms with E-state index in [0.29, 0.717) is 5.39 Å². The Balaban J connectivity index is 2.45. The number of hydrogen-bond donors (Lipinski definition) is 2. The van der Waals surface area contributed by atoms with Crippen molar-refractivity contribution < 1.29 is 23.1 Å². The predicted octanol–water partition coefficient (Wildman–Crippen LogP) is 1.53. The van der Waals surface area contributed by atoms with Crippen molar-refractivity contribution in [3.63, 3.8) is 0 Å². The molecule has 1 heterocycles. The van der Waals surface area contributed by atoms with Crippen LogP contribution < -0.4 is 4.72 Å². The molecule has 0 aromatic heterocycles. The third-order valence-electron chi connectivity index (χ3n) is 3.28. The second-order valence-electron chi connectivity index (χ2n) is 4.48. The number of hydrogen-bond acceptors (Lipinski definition) is 5. The SMILES string of the molecule is COC(=O)C1=C(O)c2c(ccc3ccccc23)S(=O)(=O)N1. The lowest BCUT2D eigenvalue weighted by Gasteiger charge is -2.21. The summed E-state index contributed by atoms with van der Waals surface area (Å²) < 4.78 is 31.0. The lowest BCUT2D eigenvalue weighted by atomic mass is 10.0. The van der Waals surface area contributed by atoms with Gasteiger partial charge >= 0.3 is 5.97 Å². The molecule has 1 aliphatic heterocycles. The third-order valence-corrected chi connectivity index (χ3v) is 4.67. The molecule has 0 amide bonds. The number of rotatable bonds is 1. The molecule has 0 saturated carbocycles. The number of carbonyl (C=O) groups excluding carboxylic acids is 1. The topological polar surface area (TPSA) is 92.7 Å². The lowest BCUT2D eigenvalue weighted by molar-refractivity contribution is -0.136. The Morgan fingerprint density at radius 3 is 2.62 bits per heavy atom. The van der Waals surface area contributed by atoms with Gasteiger partial charge in [0.15, 0.2) is 11.5 Å². The Morgan fingerprint density at radius 1 is 1.19 bits per heavy atom. The van der Waals surface area contributed by atoms with E-state index >= 15 is 0 Å². The van der Waals surface area contributed by atoms with E-state index in [0.717, 1.165) is 12.5 Å². The summed E-state index contributed by atoms with van der Waals surface area (Å²) in [5.74, 6) is -1.39. The Bertz CT molecular complexity index is 899. The molecule has 7 heteroatoms. The van der Waals surface area contributed by atoms with E-state index in [9.17, 15) is 18.3 Å². The van der Waals surface area contributed by atoms with Crippen molar-refractivity contribution in [1.82, 2.24) is 4.72 Å². The van der Waals surface area contributed by atoms with Crippen LogP contribution >= 0.6 is 0 Å². The number of ether oxygens (including phenoxy) is 1. The van der Waals surface area contributed by atoms with E-state index in [-0.39, 0.29) is 10.5 Å². The monoisotopic (exact) mass is 305 g/mol. The van der Waals surface area contributed by atoms with E-state index < -0.39 is 27.4 Å². The first-order valence-electron chi connectivity index (χ1n) is 6.02. The van der Waals surface area contributed by atoms with Gasteiger partial charge in [-0.05, 0) is 16.8 Å². The third kappa shape index (κ3) is 1.93. The van der Waals surface area contributed by atoms with Gasteiger partial charge in [-0.1, -0.05) is 30.3 Å². The van der Waals surface area contributed by atoms with Crippen LogP contribution in [-0.4, -0.2) is 26.6 Å². The van der Waals surface area contributed by atoms with Crippen LogP contribution in [0.2, 0.25) is 0 Å². The zero-order valence-electron chi connectivity index (χ0n) is 11.0. The van der Waals surface area contributed by atoms with Crippen LogP contribution in [0, 0.1) is 0 Å². The van der Waals surface area contributed by atoms with Crippen LogP contribution in [0.25, 0.3) is 16.5 Å². The van der Waals surface area contributed by atoms with Crippen LogP contribution in [0.3, 0.4) is 0 Å². The maximum Gasteiger partial charge on any atom is 0.359 e. The summed E-state index contributed by atoms with van der Waals surface area (Å²) in [6.07, 6.45) is 0. The van der Waals surface area contributed by atoms with E-state index in [4.69, 9.17) is 0 Å². The molecule has 0 bridgehead atoms. The first kappa shape index (κ1) is 13.4. The molecule has 0 fully saturated rings. The fourth-order valence-electron chi connectivity index (χ4n) is 2.32. The number of aliphatic hydroxyl groups excluding tert-OH is 1. The zero-order valence-corrected chi connectivity index (χ0v) is 11.8. The number of methoxy groups -OCH3 is 1. The number of aliphatic hydroxyl groups is 1. The molecule has 2 aromatic rings. The normalized spacial score (nSPS) is 16.2. The summed E-state index contributed by atoms with van der Waals surface area (Å²) >= 11 is 0. The van der Waals surface area contributed by atoms with E-state index in [2.05, 4.69) is 4.74 Å². The van der Waals surface area contributed by atoms with E-state index in [1.54, 1.807) is 30.3 Å². The molecule has 2 aromatic carbocycles. The molecule has 0 spiro atoms. The minimum Gasteiger partial charge on any atom is -0.505 e. The second-order valence-corrected chi connectivity index (χ2v) is 6.13. The van der Waals surface area contributed by atoms with Gasteiger partial charge in [-0.3, -0.25) is 4.72 Å². The van der Waals surface area contributed by atoms with Crippen LogP contribution in [0.1, 0.15) is 5.56 Å². The van der Waals surface area contributed by atoms with Crippen LogP contribution in [0.5, 0.6) is 0 Å². The van der Waals surface area contributed by atoms with Gasteiger partial charge in [-0.2, -0.15) is 0 Å². The molecule has 1 aliphatic rings. The zero-order chi connectivity index (χ0) is 15.2. The van der Waals surface area contributed by atoms with Gasteiger partial charge in [0.25, 0.3) is 10.0 Å². The highest BCUT2D eigenvalue weighted by Gasteiger charge is 2.34. The Morgan fingerprint density at radius 2 is 1.90 bits per heavy atom. The second kappa shape index (κ2) is 4.49. The number of esters is 1. The van der Waals surface area contributed by atoms with Crippen molar-refractivity contribution in [2.45, 2.75) is 4.90 Å². The summed E-state index contributed by atoms with van der Waals surface area (Å²) in [6.45, 7) is 0. The summed E-state index contributed by atoms with van der Waals surface area (Å²) in [4.78, 5) is 11.6. The smallest absolute Gasteiger partial charge is 0.359 e. The molecular weight excluding hydrogens is 294 g/mol. The van der Waals surface area contributed by atoms with Crippen LogP contribution in [0.4, 0.5) is 0 Å². The van der Waals surface area contributed by atoms with Crippen LogP contribution in [-0.2, 0) is 19.6 Å². The van der Waals surface area contributed by atoms with Gasteiger partial charge in [0.2, 0.25) is 0 Å². The van der Waals surface area contributed by atoms with E-state index in [1.165, 1.54) is 6.07 Å². The molecule has 6 nitrogen and oxygen atoms in total. The largest absolute Gasteiger partial charge is 0.505 e. The number of nitrogens with one attached hydrogen (secondary N) is 1. The Hall–Kier alpha value is -2.54. The van der Waals surface area contributed by atoms with Gasteiger partial charge in [0.1, 0.15) is 0 Å². The predicted molar refractivity (Wildman–Crippen MR) is 75.8 cm³/mol. The molecule has 108 valence electrons. The average Bonchev–Trinajstić information content (AvgIpc) is 2.49. The van der Waals surface area contributed by atoms with Gasteiger partial charge < -0.3 is 9.84 Å². The fourth-order valence-corrected chi connectivity index (χ4v) is 3.60. The minimum absolute atomic E-state index is 0.0775. The Kier molecular flexibility index (Phi) is 2.87. The highest BCUT2D eigenvalue weighted by atomic mass is 32.2. The molecule has 0 saturated heterocycles. The first-order valence-corrected chi connectivity index (χ1v) is 7.50.